The normalized spacial score (nSPS) is 15.9. The first-order valence-electron chi connectivity index (χ1n) is 15.4. The van der Waals surface area contributed by atoms with Crippen LogP contribution in [0, 0.1) is 13.8 Å². The zero-order valence-corrected chi connectivity index (χ0v) is 28.3. The van der Waals surface area contributed by atoms with E-state index < -0.39 is 17.7 Å². The minimum atomic E-state index is -0.879. The van der Waals surface area contributed by atoms with E-state index in [9.17, 15) is 14.7 Å². The number of aliphatic hydroxyl groups excluding tert-OH is 1. The summed E-state index contributed by atoms with van der Waals surface area (Å²) < 4.78 is 6.66. The number of carbonyl (C=O) groups is 2. The summed E-state index contributed by atoms with van der Waals surface area (Å²) in [7, 11) is 0. The summed E-state index contributed by atoms with van der Waals surface area (Å²) in [5.74, 6) is -0.168. The first-order valence-corrected chi connectivity index (χ1v) is 17.2. The van der Waals surface area contributed by atoms with Crippen molar-refractivity contribution in [1.29, 1.82) is 0 Å². The van der Waals surface area contributed by atoms with Crippen molar-refractivity contribution in [1.82, 2.24) is 10.2 Å². The number of rotatable bonds is 10. The van der Waals surface area contributed by atoms with Gasteiger partial charge in [0.1, 0.15) is 18.1 Å². The Hall–Kier alpha value is -4.73. The third-order valence-corrected chi connectivity index (χ3v) is 10.4. The molecule has 5 aromatic rings. The number of thioether (sulfide) groups is 1. The summed E-state index contributed by atoms with van der Waals surface area (Å²) >= 11 is 2.77. The topological polar surface area (TPSA) is 92.6 Å². The molecule has 1 saturated heterocycles. The molecule has 6 rings (SSSR count). The fraction of sp³-hybridized carbons (Fsp3) is 0.211. The lowest BCUT2D eigenvalue weighted by Crippen LogP contribution is -2.29. The predicted octanol–water partition coefficient (Wildman–Crippen LogP) is 8.78. The molecule has 9 heteroatoms. The Labute approximate surface area is 283 Å². The van der Waals surface area contributed by atoms with Crippen molar-refractivity contribution in [3.05, 3.63) is 142 Å². The quantitative estimate of drug-likeness (QED) is 0.0526. The lowest BCUT2D eigenvalue weighted by molar-refractivity contribution is -0.132. The van der Waals surface area contributed by atoms with Gasteiger partial charge in [0.25, 0.3) is 5.78 Å². The summed E-state index contributed by atoms with van der Waals surface area (Å²) in [4.78, 5) is 28.7. The van der Waals surface area contributed by atoms with Gasteiger partial charge < -0.3 is 9.84 Å². The van der Waals surface area contributed by atoms with Gasteiger partial charge in [0.05, 0.1) is 11.6 Å². The van der Waals surface area contributed by atoms with Gasteiger partial charge in [0.2, 0.25) is 5.13 Å². The van der Waals surface area contributed by atoms with Crippen LogP contribution < -0.4 is 9.64 Å². The molecular weight excluding hydrogens is 627 g/mol. The maximum absolute atomic E-state index is 13.7. The predicted molar refractivity (Wildman–Crippen MR) is 188 cm³/mol. The van der Waals surface area contributed by atoms with Gasteiger partial charge in [0, 0.05) is 11.3 Å². The van der Waals surface area contributed by atoms with Crippen molar-refractivity contribution < 1.29 is 19.4 Å². The Morgan fingerprint density at radius 3 is 2.30 bits per heavy atom. The van der Waals surface area contributed by atoms with Gasteiger partial charge in [-0.3, -0.25) is 14.5 Å². The Morgan fingerprint density at radius 2 is 1.62 bits per heavy atom. The highest BCUT2D eigenvalue weighted by molar-refractivity contribution is 8.00. The molecule has 0 bridgehead atoms. The number of aliphatic hydroxyl groups is 1. The maximum atomic E-state index is 13.7. The van der Waals surface area contributed by atoms with Crippen LogP contribution in [0.25, 0.3) is 5.76 Å². The number of aryl methyl sites for hydroxylation is 2. The van der Waals surface area contributed by atoms with Crippen molar-refractivity contribution in [3.63, 3.8) is 0 Å². The van der Waals surface area contributed by atoms with E-state index in [-0.39, 0.29) is 11.3 Å². The maximum Gasteiger partial charge on any atom is 0.301 e. The minimum Gasteiger partial charge on any atom is -0.507 e. The molecule has 1 N–H and O–H groups in total. The molecule has 4 aromatic carbocycles. The smallest absolute Gasteiger partial charge is 0.301 e. The van der Waals surface area contributed by atoms with Gasteiger partial charge in [-0.15, -0.1) is 10.2 Å². The monoisotopic (exact) mass is 661 g/mol. The van der Waals surface area contributed by atoms with E-state index >= 15 is 0 Å². The first kappa shape index (κ1) is 32.2. The molecule has 7 nitrogen and oxygen atoms in total. The largest absolute Gasteiger partial charge is 0.507 e. The number of nitrogens with zero attached hydrogens (tertiary/aromatic N) is 3. The Balaban J connectivity index is 1.31. The van der Waals surface area contributed by atoms with Crippen LogP contribution in [0.15, 0.2) is 107 Å². The fourth-order valence-corrected chi connectivity index (χ4v) is 7.22. The van der Waals surface area contributed by atoms with E-state index in [1.54, 1.807) is 24.3 Å². The van der Waals surface area contributed by atoms with Gasteiger partial charge in [-0.05, 0) is 71.8 Å². The second-order valence-corrected chi connectivity index (χ2v) is 14.0. The van der Waals surface area contributed by atoms with E-state index in [0.29, 0.717) is 44.6 Å². The lowest BCUT2D eigenvalue weighted by Gasteiger charge is -2.23. The molecule has 0 aliphatic carbocycles. The van der Waals surface area contributed by atoms with Gasteiger partial charge in [-0.25, -0.2) is 0 Å². The van der Waals surface area contributed by atoms with Crippen molar-refractivity contribution in [2.24, 2.45) is 0 Å². The Bertz CT molecular complexity index is 1930. The van der Waals surface area contributed by atoms with Crippen molar-refractivity contribution in [3.8, 4) is 5.75 Å². The summed E-state index contributed by atoms with van der Waals surface area (Å²) in [5.41, 5.74) is 6.78. The molecule has 1 amide bonds. The molecule has 1 aliphatic heterocycles. The van der Waals surface area contributed by atoms with Crippen molar-refractivity contribution >= 4 is 45.7 Å². The SMILES string of the molecule is Cc1ccc(CSc2nnc(N3C(=O)C(=O)/C(=C(/O)c4ccc(OCc5ccccc5C)cc4)C3c3ccc(C(C)C)cc3)s2)cc1. The van der Waals surface area contributed by atoms with Crippen molar-refractivity contribution in [2.75, 3.05) is 4.90 Å². The Morgan fingerprint density at radius 1 is 0.915 bits per heavy atom. The molecule has 238 valence electrons. The summed E-state index contributed by atoms with van der Waals surface area (Å²) in [6.07, 6.45) is 0. The van der Waals surface area contributed by atoms with Gasteiger partial charge in [-0.1, -0.05) is 115 Å². The lowest BCUT2D eigenvalue weighted by atomic mass is 9.93. The third-order valence-electron chi connectivity index (χ3n) is 8.23. The van der Waals surface area contributed by atoms with E-state index in [2.05, 4.69) is 48.3 Å². The number of carbonyl (C=O) groups excluding carboxylic acids is 2. The number of Topliss-reactive ketones (excluding diaryl/α,β-unsaturated/α-hetero) is 1. The molecule has 0 spiro atoms. The second kappa shape index (κ2) is 13.9. The number of aromatic nitrogens is 2. The number of anilines is 1. The number of benzene rings is 4. The fourth-order valence-electron chi connectivity index (χ4n) is 5.39. The van der Waals surface area contributed by atoms with Gasteiger partial charge in [-0.2, -0.15) is 0 Å². The molecule has 1 atom stereocenters. The first-order chi connectivity index (χ1) is 22.7. The average molecular weight is 662 g/mol. The average Bonchev–Trinajstić information content (AvgIpc) is 3.65. The van der Waals surface area contributed by atoms with Crippen LogP contribution >= 0.6 is 23.1 Å². The summed E-state index contributed by atoms with van der Waals surface area (Å²) in [5, 5.41) is 20.6. The number of hydrogen-bond acceptors (Lipinski definition) is 8. The van der Waals surface area contributed by atoms with Gasteiger partial charge >= 0.3 is 5.91 Å². The molecule has 47 heavy (non-hydrogen) atoms. The number of ketones is 1. The van der Waals surface area contributed by atoms with Crippen LogP contribution in [-0.2, 0) is 21.9 Å². The molecule has 2 heterocycles. The molecule has 1 aromatic heterocycles. The third kappa shape index (κ3) is 7.01. The highest BCUT2D eigenvalue weighted by Gasteiger charge is 2.48. The highest BCUT2D eigenvalue weighted by Crippen LogP contribution is 2.44. The van der Waals surface area contributed by atoms with Crippen LogP contribution in [0.3, 0.4) is 0 Å². The summed E-state index contributed by atoms with van der Waals surface area (Å²) in [6.45, 7) is 8.70. The Kier molecular flexibility index (Phi) is 9.56. The van der Waals surface area contributed by atoms with E-state index in [1.807, 2.05) is 62.4 Å². The molecule has 1 fully saturated rings. The van der Waals surface area contributed by atoms with Gasteiger partial charge in [0.15, 0.2) is 4.34 Å². The van der Waals surface area contributed by atoms with Crippen LogP contribution in [0.4, 0.5) is 5.13 Å². The van der Waals surface area contributed by atoms with Crippen LogP contribution in [0.5, 0.6) is 5.75 Å². The molecule has 0 saturated carbocycles. The van der Waals surface area contributed by atoms with E-state index in [0.717, 1.165) is 22.3 Å². The molecule has 1 unspecified atom stereocenters. The number of hydrogen-bond donors (Lipinski definition) is 1. The summed E-state index contributed by atoms with van der Waals surface area (Å²) in [6, 6.07) is 30.1. The van der Waals surface area contributed by atoms with E-state index in [1.165, 1.54) is 33.6 Å². The number of amides is 1. The molecular formula is C38H35N3O4S2. The highest BCUT2D eigenvalue weighted by atomic mass is 32.2. The van der Waals surface area contributed by atoms with Crippen LogP contribution in [0.1, 0.15) is 64.8 Å². The molecule has 1 aliphatic rings. The zero-order valence-electron chi connectivity index (χ0n) is 26.6. The standard InChI is InChI=1S/C38H35N3O4S2/c1-23(2)27-13-15-28(16-14-27)33-32(34(42)29-17-19-31(20-18-29)45-21-30-8-6-5-7-25(30)4)35(43)36(44)41(33)37-39-40-38(47-37)46-22-26-11-9-24(3)10-12-26/h5-20,23,33,42H,21-22H2,1-4H3/b34-32+. The van der Waals surface area contributed by atoms with E-state index in [4.69, 9.17) is 4.74 Å². The zero-order chi connectivity index (χ0) is 33.1. The molecule has 0 radical (unpaired) electrons. The second-order valence-electron chi connectivity index (χ2n) is 11.9. The number of ether oxygens (including phenoxy) is 1. The van der Waals surface area contributed by atoms with Crippen molar-refractivity contribution in [2.45, 2.75) is 56.4 Å². The van der Waals surface area contributed by atoms with Crippen LogP contribution in [0.2, 0.25) is 0 Å². The minimum absolute atomic E-state index is 0.00457. The van der Waals surface area contributed by atoms with Crippen LogP contribution in [-0.4, -0.2) is 27.0 Å².